The van der Waals surface area contributed by atoms with Crippen LogP contribution in [0.4, 0.5) is 0 Å². The summed E-state index contributed by atoms with van der Waals surface area (Å²) in [6.45, 7) is 7.55. The SMILES string of the molecule is C=C(C)C=O.CCCCCC1CCC(CCC2CCc3cc(C(CO)CCO)ccc3C2)CC1. The minimum absolute atomic E-state index is 0.0834. The number of hydrogen-bond acceptors (Lipinski definition) is 3. The normalized spacial score (nSPS) is 22.8. The Hall–Kier alpha value is -1.45. The molecule has 1 aromatic rings. The van der Waals surface area contributed by atoms with Crippen LogP contribution in [-0.2, 0) is 17.6 Å². The van der Waals surface area contributed by atoms with Gasteiger partial charge in [0.15, 0.2) is 0 Å². The Kier molecular flexibility index (Phi) is 13.8. The van der Waals surface area contributed by atoms with Crippen molar-refractivity contribution in [2.24, 2.45) is 17.8 Å². The lowest BCUT2D eigenvalue weighted by atomic mass is 9.75. The molecule has 34 heavy (non-hydrogen) atoms. The summed E-state index contributed by atoms with van der Waals surface area (Å²) in [4.78, 5) is 9.41. The molecule has 0 heterocycles. The lowest BCUT2D eigenvalue weighted by Crippen LogP contribution is -2.19. The van der Waals surface area contributed by atoms with E-state index in [-0.39, 0.29) is 19.1 Å². The van der Waals surface area contributed by atoms with Gasteiger partial charge in [-0.1, -0.05) is 89.5 Å². The van der Waals surface area contributed by atoms with Crippen LogP contribution in [0, 0.1) is 17.8 Å². The van der Waals surface area contributed by atoms with Crippen LogP contribution >= 0.6 is 0 Å². The number of aliphatic hydroxyl groups excluding tert-OH is 2. The van der Waals surface area contributed by atoms with E-state index in [1.807, 2.05) is 0 Å². The average molecular weight is 471 g/mol. The van der Waals surface area contributed by atoms with E-state index in [0.29, 0.717) is 12.0 Å². The van der Waals surface area contributed by atoms with Gasteiger partial charge in [0, 0.05) is 12.5 Å². The molecule has 3 heteroatoms. The summed E-state index contributed by atoms with van der Waals surface area (Å²) >= 11 is 0. The minimum atomic E-state index is 0.0834. The van der Waals surface area contributed by atoms with Gasteiger partial charge in [0.2, 0.25) is 0 Å². The first-order valence-corrected chi connectivity index (χ1v) is 13.9. The molecule has 3 rings (SSSR count). The maximum atomic E-state index is 9.61. The number of allylic oxidation sites excluding steroid dienone is 1. The molecule has 2 unspecified atom stereocenters. The molecule has 0 aromatic heterocycles. The number of fused-ring (bicyclic) bond motifs is 1. The van der Waals surface area contributed by atoms with Crippen molar-refractivity contribution in [2.75, 3.05) is 13.2 Å². The lowest BCUT2D eigenvalue weighted by Gasteiger charge is -2.31. The molecule has 0 amide bonds. The van der Waals surface area contributed by atoms with E-state index >= 15 is 0 Å². The van der Waals surface area contributed by atoms with E-state index in [1.165, 1.54) is 100 Å². The molecule has 192 valence electrons. The number of carbonyl (C=O) groups is 1. The largest absolute Gasteiger partial charge is 0.396 e. The van der Waals surface area contributed by atoms with Crippen molar-refractivity contribution in [1.82, 2.24) is 0 Å². The summed E-state index contributed by atoms with van der Waals surface area (Å²) in [5.41, 5.74) is 4.80. The zero-order valence-corrected chi connectivity index (χ0v) is 21.9. The molecule has 1 aromatic carbocycles. The Morgan fingerprint density at radius 3 is 2.24 bits per heavy atom. The molecule has 0 radical (unpaired) electrons. The highest BCUT2D eigenvalue weighted by Crippen LogP contribution is 2.37. The van der Waals surface area contributed by atoms with Crippen LogP contribution in [0.2, 0.25) is 0 Å². The van der Waals surface area contributed by atoms with Crippen molar-refractivity contribution in [3.63, 3.8) is 0 Å². The zero-order chi connectivity index (χ0) is 24.8. The summed E-state index contributed by atoms with van der Waals surface area (Å²) < 4.78 is 0. The van der Waals surface area contributed by atoms with E-state index in [2.05, 4.69) is 31.7 Å². The Morgan fingerprint density at radius 1 is 1.00 bits per heavy atom. The molecule has 2 atom stereocenters. The van der Waals surface area contributed by atoms with Crippen LogP contribution < -0.4 is 0 Å². The Morgan fingerprint density at radius 2 is 1.65 bits per heavy atom. The van der Waals surface area contributed by atoms with Crippen LogP contribution in [0.3, 0.4) is 0 Å². The lowest BCUT2D eigenvalue weighted by molar-refractivity contribution is -0.104. The van der Waals surface area contributed by atoms with Gasteiger partial charge < -0.3 is 10.2 Å². The van der Waals surface area contributed by atoms with Gasteiger partial charge in [-0.3, -0.25) is 4.79 Å². The first kappa shape index (κ1) is 28.8. The monoisotopic (exact) mass is 470 g/mol. The number of aldehydes is 1. The molecule has 0 aliphatic heterocycles. The Balaban J connectivity index is 0.000000739. The van der Waals surface area contributed by atoms with Crippen LogP contribution in [0.15, 0.2) is 30.4 Å². The number of unbranched alkanes of at least 4 members (excludes halogenated alkanes) is 2. The molecule has 2 aliphatic carbocycles. The van der Waals surface area contributed by atoms with E-state index in [1.54, 1.807) is 6.92 Å². The number of hydrogen-bond donors (Lipinski definition) is 2. The fourth-order valence-electron chi connectivity index (χ4n) is 5.83. The van der Waals surface area contributed by atoms with Crippen molar-refractivity contribution in [1.29, 1.82) is 0 Å². The molecule has 0 spiro atoms. The average Bonchev–Trinajstić information content (AvgIpc) is 2.87. The predicted octanol–water partition coefficient (Wildman–Crippen LogP) is 7.18. The molecular formula is C31H50O3. The van der Waals surface area contributed by atoms with Crippen molar-refractivity contribution < 1.29 is 15.0 Å². The Bertz CT molecular complexity index is 717. The second-order valence-corrected chi connectivity index (χ2v) is 11.0. The molecule has 3 nitrogen and oxygen atoms in total. The minimum Gasteiger partial charge on any atom is -0.396 e. The first-order chi connectivity index (χ1) is 16.5. The van der Waals surface area contributed by atoms with Crippen LogP contribution in [-0.4, -0.2) is 29.7 Å². The summed E-state index contributed by atoms with van der Waals surface area (Å²) in [6.07, 6.45) is 19.7. The zero-order valence-electron chi connectivity index (χ0n) is 21.9. The van der Waals surface area contributed by atoms with Gasteiger partial charge in [-0.2, -0.15) is 0 Å². The molecule has 1 fully saturated rings. The summed E-state index contributed by atoms with van der Waals surface area (Å²) in [5, 5.41) is 18.8. The highest BCUT2D eigenvalue weighted by molar-refractivity contribution is 5.70. The van der Waals surface area contributed by atoms with Gasteiger partial charge in [0.05, 0.1) is 6.61 Å². The Labute approximate surface area is 209 Å². The van der Waals surface area contributed by atoms with Gasteiger partial charge in [0.25, 0.3) is 0 Å². The first-order valence-electron chi connectivity index (χ1n) is 13.9. The van der Waals surface area contributed by atoms with Gasteiger partial charge in [-0.15, -0.1) is 0 Å². The molecular weight excluding hydrogens is 420 g/mol. The number of aryl methyl sites for hydroxylation is 1. The van der Waals surface area contributed by atoms with Crippen molar-refractivity contribution in [3.05, 3.63) is 47.0 Å². The number of rotatable bonds is 12. The molecule has 2 aliphatic rings. The van der Waals surface area contributed by atoms with E-state index in [4.69, 9.17) is 0 Å². The molecule has 0 saturated heterocycles. The van der Waals surface area contributed by atoms with Gasteiger partial charge >= 0.3 is 0 Å². The van der Waals surface area contributed by atoms with E-state index in [9.17, 15) is 15.0 Å². The van der Waals surface area contributed by atoms with Crippen molar-refractivity contribution >= 4 is 6.29 Å². The van der Waals surface area contributed by atoms with E-state index in [0.717, 1.165) is 24.0 Å². The number of aliphatic hydroxyl groups is 2. The van der Waals surface area contributed by atoms with Crippen LogP contribution in [0.1, 0.15) is 114 Å². The fourth-order valence-corrected chi connectivity index (χ4v) is 5.83. The van der Waals surface area contributed by atoms with Gasteiger partial charge in [-0.25, -0.2) is 0 Å². The molecule has 1 saturated carbocycles. The van der Waals surface area contributed by atoms with Gasteiger partial charge in [0.1, 0.15) is 6.29 Å². The summed E-state index contributed by atoms with van der Waals surface area (Å²) in [5.74, 6) is 2.97. The number of carbonyl (C=O) groups excluding carboxylic acids is 1. The van der Waals surface area contributed by atoms with Crippen molar-refractivity contribution in [3.8, 4) is 0 Å². The van der Waals surface area contributed by atoms with Crippen LogP contribution in [0.25, 0.3) is 0 Å². The highest BCUT2D eigenvalue weighted by atomic mass is 16.3. The van der Waals surface area contributed by atoms with Gasteiger partial charge in [-0.05, 0) is 79.0 Å². The summed E-state index contributed by atoms with van der Waals surface area (Å²) in [6, 6.07) is 6.80. The molecule has 2 N–H and O–H groups in total. The third-order valence-corrected chi connectivity index (χ3v) is 8.10. The smallest absolute Gasteiger partial charge is 0.145 e. The third kappa shape index (κ3) is 10.0. The quantitative estimate of drug-likeness (QED) is 0.193. The summed E-state index contributed by atoms with van der Waals surface area (Å²) in [7, 11) is 0. The fraction of sp³-hybridized carbons (Fsp3) is 0.710. The standard InChI is InChI=1S/C27H44O2.C4H6O/c1-2-3-4-5-21-6-8-22(9-7-21)10-11-23-12-13-25-19-26(15-14-24(25)18-23)27(20-29)16-17-28;1-4(2)3-5/h14-15,19,21-23,27-29H,2-13,16-18,20H2,1H3;3H,1H2,2H3. The third-order valence-electron chi connectivity index (χ3n) is 8.10. The maximum Gasteiger partial charge on any atom is 0.145 e. The maximum absolute atomic E-state index is 9.61. The van der Waals surface area contributed by atoms with E-state index < -0.39 is 0 Å². The predicted molar refractivity (Wildman–Crippen MR) is 143 cm³/mol. The second-order valence-electron chi connectivity index (χ2n) is 11.0. The van der Waals surface area contributed by atoms with Crippen molar-refractivity contribution in [2.45, 2.75) is 110 Å². The highest BCUT2D eigenvalue weighted by Gasteiger charge is 2.24. The second kappa shape index (κ2) is 16.3. The topological polar surface area (TPSA) is 57.5 Å². The van der Waals surface area contributed by atoms with Crippen LogP contribution in [0.5, 0.6) is 0 Å². The molecule has 0 bridgehead atoms. The number of benzene rings is 1.